The molecule has 1 fully saturated rings. The number of hydrogen-bond donors (Lipinski definition) is 1. The van der Waals surface area contributed by atoms with Crippen molar-refractivity contribution in [2.45, 2.75) is 45.2 Å². The SMILES string of the molecule is Cc1ccc(C(c2cc(C)cs2)N2CCCCC2C(=O)O)nc1. The number of thiophene rings is 1. The molecule has 122 valence electrons. The van der Waals surface area contributed by atoms with Crippen LogP contribution in [0.15, 0.2) is 29.8 Å². The van der Waals surface area contributed by atoms with Gasteiger partial charge in [-0.1, -0.05) is 12.5 Å². The topological polar surface area (TPSA) is 53.4 Å². The molecule has 0 saturated carbocycles. The van der Waals surface area contributed by atoms with E-state index in [-0.39, 0.29) is 6.04 Å². The van der Waals surface area contributed by atoms with E-state index in [0.717, 1.165) is 30.6 Å². The van der Waals surface area contributed by atoms with E-state index in [2.05, 4.69) is 34.3 Å². The minimum atomic E-state index is -0.727. The summed E-state index contributed by atoms with van der Waals surface area (Å²) in [4.78, 5) is 19.6. The lowest BCUT2D eigenvalue weighted by Gasteiger charge is -2.38. The molecule has 2 aromatic heterocycles. The van der Waals surface area contributed by atoms with Gasteiger partial charge in [-0.2, -0.15) is 0 Å². The predicted molar refractivity (Wildman–Crippen MR) is 91.9 cm³/mol. The lowest BCUT2D eigenvalue weighted by Crippen LogP contribution is -2.46. The van der Waals surface area contributed by atoms with Gasteiger partial charge in [-0.25, -0.2) is 0 Å². The Balaban J connectivity index is 2.03. The van der Waals surface area contributed by atoms with Crippen LogP contribution in [-0.2, 0) is 4.79 Å². The van der Waals surface area contributed by atoms with Crippen molar-refractivity contribution in [1.82, 2.24) is 9.88 Å². The molecule has 3 rings (SSSR count). The van der Waals surface area contributed by atoms with E-state index >= 15 is 0 Å². The van der Waals surface area contributed by atoms with Crippen molar-refractivity contribution in [3.63, 3.8) is 0 Å². The second-order valence-corrected chi connectivity index (χ2v) is 7.22. The molecule has 1 saturated heterocycles. The molecule has 2 unspecified atom stereocenters. The summed E-state index contributed by atoms with van der Waals surface area (Å²) >= 11 is 1.69. The zero-order valence-electron chi connectivity index (χ0n) is 13.5. The van der Waals surface area contributed by atoms with Gasteiger partial charge in [0, 0.05) is 17.6 Å². The average molecular weight is 330 g/mol. The molecule has 0 aromatic carbocycles. The Labute approximate surface area is 140 Å². The third-order valence-corrected chi connectivity index (χ3v) is 5.50. The third kappa shape index (κ3) is 3.46. The number of carboxylic acid groups (broad SMARTS) is 1. The first-order chi connectivity index (χ1) is 11.1. The normalized spacial score (nSPS) is 20.3. The highest BCUT2D eigenvalue weighted by molar-refractivity contribution is 7.10. The Morgan fingerprint density at radius 2 is 2.17 bits per heavy atom. The van der Waals surface area contributed by atoms with E-state index < -0.39 is 12.0 Å². The molecule has 0 amide bonds. The van der Waals surface area contributed by atoms with Crippen molar-refractivity contribution in [3.8, 4) is 0 Å². The number of hydrogen-bond acceptors (Lipinski definition) is 4. The fraction of sp³-hybridized carbons (Fsp3) is 0.444. The molecule has 2 atom stereocenters. The van der Waals surface area contributed by atoms with E-state index in [1.54, 1.807) is 11.3 Å². The van der Waals surface area contributed by atoms with Crippen molar-refractivity contribution in [2.24, 2.45) is 0 Å². The highest BCUT2D eigenvalue weighted by atomic mass is 32.1. The van der Waals surface area contributed by atoms with Gasteiger partial charge in [0.2, 0.25) is 0 Å². The van der Waals surface area contributed by atoms with Gasteiger partial charge < -0.3 is 5.11 Å². The fourth-order valence-corrected chi connectivity index (χ4v) is 4.27. The van der Waals surface area contributed by atoms with Crippen molar-refractivity contribution in [3.05, 3.63) is 51.5 Å². The first-order valence-corrected chi connectivity index (χ1v) is 8.90. The maximum Gasteiger partial charge on any atom is 0.320 e. The maximum atomic E-state index is 11.7. The second-order valence-electron chi connectivity index (χ2n) is 6.28. The molecule has 2 aromatic rings. The van der Waals surface area contributed by atoms with Gasteiger partial charge in [0.15, 0.2) is 0 Å². The van der Waals surface area contributed by atoms with Crippen LogP contribution in [0.2, 0.25) is 0 Å². The molecule has 23 heavy (non-hydrogen) atoms. The summed E-state index contributed by atoms with van der Waals surface area (Å²) in [5, 5.41) is 11.8. The van der Waals surface area contributed by atoms with Crippen LogP contribution in [0, 0.1) is 13.8 Å². The first-order valence-electron chi connectivity index (χ1n) is 8.02. The van der Waals surface area contributed by atoms with Gasteiger partial charge in [0.25, 0.3) is 0 Å². The molecule has 0 spiro atoms. The predicted octanol–water partition coefficient (Wildman–Crippen LogP) is 3.79. The Kier molecular flexibility index (Phi) is 4.78. The zero-order chi connectivity index (χ0) is 16.4. The Morgan fingerprint density at radius 1 is 1.35 bits per heavy atom. The number of pyridine rings is 1. The van der Waals surface area contributed by atoms with E-state index in [0.29, 0.717) is 6.42 Å². The van der Waals surface area contributed by atoms with E-state index in [9.17, 15) is 9.90 Å². The Hall–Kier alpha value is -1.72. The number of aryl methyl sites for hydroxylation is 2. The van der Waals surface area contributed by atoms with Crippen molar-refractivity contribution < 1.29 is 9.90 Å². The van der Waals surface area contributed by atoms with Gasteiger partial charge in [-0.15, -0.1) is 11.3 Å². The van der Waals surface area contributed by atoms with E-state index in [4.69, 9.17) is 0 Å². The van der Waals surface area contributed by atoms with Crippen LogP contribution in [-0.4, -0.2) is 33.5 Å². The summed E-state index contributed by atoms with van der Waals surface area (Å²) < 4.78 is 0. The molecule has 1 N–H and O–H groups in total. The van der Waals surface area contributed by atoms with Crippen molar-refractivity contribution >= 4 is 17.3 Å². The fourth-order valence-electron chi connectivity index (χ4n) is 3.24. The molecule has 0 aliphatic carbocycles. The van der Waals surface area contributed by atoms with E-state index in [1.807, 2.05) is 19.2 Å². The average Bonchev–Trinajstić information content (AvgIpc) is 2.96. The summed E-state index contributed by atoms with van der Waals surface area (Å²) in [5.74, 6) is -0.727. The monoisotopic (exact) mass is 330 g/mol. The zero-order valence-corrected chi connectivity index (χ0v) is 14.3. The minimum absolute atomic E-state index is 0.0734. The van der Waals surface area contributed by atoms with Crippen LogP contribution >= 0.6 is 11.3 Å². The Bertz CT molecular complexity index is 681. The maximum absolute atomic E-state index is 11.7. The number of likely N-dealkylation sites (tertiary alicyclic amines) is 1. The van der Waals surface area contributed by atoms with Gasteiger partial charge in [-0.05, 0) is 55.3 Å². The summed E-state index contributed by atoms with van der Waals surface area (Å²) in [6.07, 6.45) is 4.59. The molecule has 0 bridgehead atoms. The van der Waals surface area contributed by atoms with Crippen molar-refractivity contribution in [2.75, 3.05) is 6.54 Å². The molecular weight excluding hydrogens is 308 g/mol. The van der Waals surface area contributed by atoms with Gasteiger partial charge in [0.05, 0.1) is 11.7 Å². The highest BCUT2D eigenvalue weighted by Gasteiger charge is 2.36. The standard InChI is InChI=1S/C18H22N2O2S/c1-12-6-7-14(19-10-12)17(16-9-13(2)11-23-16)20-8-4-3-5-15(20)18(21)22/h6-7,9-11,15,17H,3-5,8H2,1-2H3,(H,21,22). The van der Waals surface area contributed by atoms with Crippen LogP contribution < -0.4 is 0 Å². The summed E-state index contributed by atoms with van der Waals surface area (Å²) in [5.41, 5.74) is 3.26. The number of piperidine rings is 1. The number of nitrogens with zero attached hydrogens (tertiary/aromatic N) is 2. The molecular formula is C18H22N2O2S. The van der Waals surface area contributed by atoms with Gasteiger partial charge >= 0.3 is 5.97 Å². The molecule has 1 aliphatic rings. The summed E-state index contributed by atoms with van der Waals surface area (Å²) in [7, 11) is 0. The van der Waals surface area contributed by atoms with Gasteiger partial charge in [0.1, 0.15) is 6.04 Å². The summed E-state index contributed by atoms with van der Waals surface area (Å²) in [6.45, 7) is 4.89. The lowest BCUT2D eigenvalue weighted by molar-refractivity contribution is -0.145. The third-order valence-electron chi connectivity index (χ3n) is 4.40. The molecule has 1 aliphatic heterocycles. The van der Waals surface area contributed by atoms with Crippen LogP contribution in [0.25, 0.3) is 0 Å². The first kappa shape index (κ1) is 16.1. The minimum Gasteiger partial charge on any atom is -0.480 e. The highest BCUT2D eigenvalue weighted by Crippen LogP contribution is 2.36. The van der Waals surface area contributed by atoms with Crippen molar-refractivity contribution in [1.29, 1.82) is 0 Å². The molecule has 3 heterocycles. The lowest BCUT2D eigenvalue weighted by atomic mass is 9.97. The number of carboxylic acids is 1. The van der Waals surface area contributed by atoms with Crippen LogP contribution in [0.4, 0.5) is 0 Å². The number of aromatic nitrogens is 1. The molecule has 5 heteroatoms. The van der Waals surface area contributed by atoms with Crippen LogP contribution in [0.3, 0.4) is 0 Å². The van der Waals surface area contributed by atoms with E-state index in [1.165, 1.54) is 10.4 Å². The smallest absolute Gasteiger partial charge is 0.320 e. The molecule has 4 nitrogen and oxygen atoms in total. The largest absolute Gasteiger partial charge is 0.480 e. The molecule has 0 radical (unpaired) electrons. The van der Waals surface area contributed by atoms with Crippen LogP contribution in [0.5, 0.6) is 0 Å². The second kappa shape index (κ2) is 6.81. The Morgan fingerprint density at radius 3 is 2.78 bits per heavy atom. The number of rotatable bonds is 4. The quantitative estimate of drug-likeness (QED) is 0.927. The van der Waals surface area contributed by atoms with Crippen LogP contribution in [0.1, 0.15) is 47.0 Å². The van der Waals surface area contributed by atoms with Gasteiger partial charge in [-0.3, -0.25) is 14.7 Å². The number of aliphatic carboxylic acids is 1. The summed E-state index contributed by atoms with van der Waals surface area (Å²) in [6, 6.07) is 5.73. The number of carbonyl (C=O) groups is 1.